The molecule has 1 aliphatic carbocycles. The molecule has 3 nitrogen and oxygen atoms in total. The molecule has 120 valence electrons. The number of nitrogens with zero attached hydrogens (tertiary/aromatic N) is 1. The van der Waals surface area contributed by atoms with Crippen molar-refractivity contribution in [1.29, 1.82) is 0 Å². The minimum Gasteiger partial charge on any atom is -0.342 e. The van der Waals surface area contributed by atoms with Crippen LogP contribution < -0.4 is 5.73 Å². The van der Waals surface area contributed by atoms with Gasteiger partial charge in [-0.15, -0.1) is 0 Å². The Kier molecular flexibility index (Phi) is 3.82. The number of likely N-dealkylation sites (tertiary alicyclic amines) is 1. The smallest absolute Gasteiger partial charge is 0.227 e. The third kappa shape index (κ3) is 2.86. The number of amides is 1. The van der Waals surface area contributed by atoms with Crippen LogP contribution >= 0.6 is 0 Å². The first-order valence-corrected chi connectivity index (χ1v) is 8.72. The second kappa shape index (κ2) is 5.97. The van der Waals surface area contributed by atoms with Gasteiger partial charge in [-0.3, -0.25) is 4.79 Å². The van der Waals surface area contributed by atoms with Gasteiger partial charge in [-0.2, -0.15) is 0 Å². The SMILES string of the molecule is NC1CCCC2CN(C(=O)Cc3ccc4ccccc4c3)CC12. The first-order valence-electron chi connectivity index (χ1n) is 8.72. The predicted octanol–water partition coefficient (Wildman–Crippen LogP) is 2.97. The van der Waals surface area contributed by atoms with Crippen LogP contribution in [0.3, 0.4) is 0 Å². The highest BCUT2D eigenvalue weighted by Crippen LogP contribution is 2.35. The highest BCUT2D eigenvalue weighted by atomic mass is 16.2. The Morgan fingerprint density at radius 3 is 2.74 bits per heavy atom. The molecule has 2 fully saturated rings. The maximum absolute atomic E-state index is 12.7. The zero-order chi connectivity index (χ0) is 15.8. The van der Waals surface area contributed by atoms with Gasteiger partial charge < -0.3 is 10.6 Å². The molecule has 4 rings (SSSR count). The summed E-state index contributed by atoms with van der Waals surface area (Å²) in [4.78, 5) is 14.7. The lowest BCUT2D eigenvalue weighted by Crippen LogP contribution is -2.38. The lowest BCUT2D eigenvalue weighted by atomic mass is 9.78. The van der Waals surface area contributed by atoms with E-state index in [0.717, 1.165) is 25.1 Å². The van der Waals surface area contributed by atoms with E-state index in [9.17, 15) is 4.79 Å². The molecule has 0 spiro atoms. The van der Waals surface area contributed by atoms with Gasteiger partial charge in [-0.1, -0.05) is 48.9 Å². The first kappa shape index (κ1) is 14.7. The second-order valence-corrected chi connectivity index (χ2v) is 7.18. The van der Waals surface area contributed by atoms with Gasteiger partial charge in [0.2, 0.25) is 5.91 Å². The van der Waals surface area contributed by atoms with Crippen molar-refractivity contribution in [1.82, 2.24) is 4.90 Å². The Hall–Kier alpha value is -1.87. The molecule has 1 amide bonds. The van der Waals surface area contributed by atoms with E-state index in [0.29, 0.717) is 18.3 Å². The number of rotatable bonds is 2. The normalized spacial score (nSPS) is 27.2. The Balaban J connectivity index is 1.47. The van der Waals surface area contributed by atoms with Crippen LogP contribution in [-0.4, -0.2) is 29.9 Å². The quantitative estimate of drug-likeness (QED) is 0.927. The Morgan fingerprint density at radius 2 is 1.91 bits per heavy atom. The fourth-order valence-corrected chi connectivity index (χ4v) is 4.36. The van der Waals surface area contributed by atoms with Crippen LogP contribution in [0.15, 0.2) is 42.5 Å². The minimum absolute atomic E-state index is 0.252. The Morgan fingerprint density at radius 1 is 1.09 bits per heavy atom. The van der Waals surface area contributed by atoms with E-state index in [1.54, 1.807) is 0 Å². The van der Waals surface area contributed by atoms with Crippen LogP contribution in [0.2, 0.25) is 0 Å². The van der Waals surface area contributed by atoms with Crippen LogP contribution in [0.25, 0.3) is 10.8 Å². The summed E-state index contributed by atoms with van der Waals surface area (Å²) in [6.07, 6.45) is 4.07. The summed E-state index contributed by atoms with van der Waals surface area (Å²) >= 11 is 0. The summed E-state index contributed by atoms with van der Waals surface area (Å²) in [5.41, 5.74) is 7.36. The molecule has 2 aromatic carbocycles. The van der Waals surface area contributed by atoms with Gasteiger partial charge in [0.15, 0.2) is 0 Å². The Labute approximate surface area is 137 Å². The largest absolute Gasteiger partial charge is 0.342 e. The molecule has 1 saturated carbocycles. The third-order valence-corrected chi connectivity index (χ3v) is 5.68. The van der Waals surface area contributed by atoms with Crippen LogP contribution in [0.5, 0.6) is 0 Å². The van der Waals surface area contributed by atoms with E-state index in [1.807, 2.05) is 12.1 Å². The number of hydrogen-bond acceptors (Lipinski definition) is 2. The van der Waals surface area contributed by atoms with E-state index in [1.165, 1.54) is 23.6 Å². The van der Waals surface area contributed by atoms with Crippen molar-refractivity contribution >= 4 is 16.7 Å². The summed E-state index contributed by atoms with van der Waals surface area (Å²) < 4.78 is 0. The number of fused-ring (bicyclic) bond motifs is 2. The maximum Gasteiger partial charge on any atom is 0.227 e. The monoisotopic (exact) mass is 308 g/mol. The molecule has 2 aromatic rings. The molecular weight excluding hydrogens is 284 g/mol. The van der Waals surface area contributed by atoms with Crippen LogP contribution in [0, 0.1) is 11.8 Å². The summed E-state index contributed by atoms with van der Waals surface area (Å²) in [6.45, 7) is 1.77. The molecule has 0 radical (unpaired) electrons. The Bertz CT molecular complexity index is 726. The van der Waals surface area contributed by atoms with Gasteiger partial charge in [0, 0.05) is 19.1 Å². The number of nitrogens with two attached hydrogens (primary N) is 1. The van der Waals surface area contributed by atoms with Crippen molar-refractivity contribution in [2.75, 3.05) is 13.1 Å². The molecule has 1 saturated heterocycles. The minimum atomic E-state index is 0.252. The molecular formula is C20H24N2O. The average molecular weight is 308 g/mol. The van der Waals surface area contributed by atoms with E-state index in [2.05, 4.69) is 35.2 Å². The van der Waals surface area contributed by atoms with E-state index >= 15 is 0 Å². The molecule has 3 heteroatoms. The van der Waals surface area contributed by atoms with Gasteiger partial charge >= 0.3 is 0 Å². The molecule has 1 aliphatic heterocycles. The summed E-state index contributed by atoms with van der Waals surface area (Å²) in [7, 11) is 0. The van der Waals surface area contributed by atoms with Gasteiger partial charge in [0.05, 0.1) is 6.42 Å². The van der Waals surface area contributed by atoms with Crippen molar-refractivity contribution < 1.29 is 4.79 Å². The topological polar surface area (TPSA) is 46.3 Å². The lowest BCUT2D eigenvalue weighted by Gasteiger charge is -2.29. The summed E-state index contributed by atoms with van der Waals surface area (Å²) in [6, 6.07) is 14.9. The van der Waals surface area contributed by atoms with Crippen molar-refractivity contribution in [2.45, 2.75) is 31.7 Å². The number of carbonyl (C=O) groups is 1. The van der Waals surface area contributed by atoms with Crippen molar-refractivity contribution in [3.8, 4) is 0 Å². The van der Waals surface area contributed by atoms with Crippen LogP contribution in [-0.2, 0) is 11.2 Å². The van der Waals surface area contributed by atoms with Crippen LogP contribution in [0.4, 0.5) is 0 Å². The summed E-state index contributed by atoms with van der Waals surface area (Å²) in [5.74, 6) is 1.39. The molecule has 2 aliphatic rings. The molecule has 3 atom stereocenters. The van der Waals surface area contributed by atoms with Gasteiger partial charge in [-0.05, 0) is 41.0 Å². The molecule has 0 aromatic heterocycles. The first-order chi connectivity index (χ1) is 11.2. The second-order valence-electron chi connectivity index (χ2n) is 7.18. The molecule has 3 unspecified atom stereocenters. The van der Waals surface area contributed by atoms with Crippen molar-refractivity contribution in [3.63, 3.8) is 0 Å². The number of benzene rings is 2. The van der Waals surface area contributed by atoms with E-state index in [-0.39, 0.29) is 11.9 Å². The number of hydrogen-bond donors (Lipinski definition) is 1. The fraction of sp³-hybridized carbons (Fsp3) is 0.450. The average Bonchev–Trinajstić information content (AvgIpc) is 3.01. The van der Waals surface area contributed by atoms with Gasteiger partial charge in [0.1, 0.15) is 0 Å². The highest BCUT2D eigenvalue weighted by molar-refractivity contribution is 5.85. The zero-order valence-corrected chi connectivity index (χ0v) is 13.4. The summed E-state index contributed by atoms with van der Waals surface area (Å²) in [5, 5.41) is 2.43. The maximum atomic E-state index is 12.7. The lowest BCUT2D eigenvalue weighted by molar-refractivity contribution is -0.129. The van der Waals surface area contributed by atoms with E-state index in [4.69, 9.17) is 5.73 Å². The van der Waals surface area contributed by atoms with Crippen LogP contribution in [0.1, 0.15) is 24.8 Å². The zero-order valence-electron chi connectivity index (χ0n) is 13.4. The molecule has 1 heterocycles. The number of carbonyl (C=O) groups excluding carboxylic acids is 1. The fourth-order valence-electron chi connectivity index (χ4n) is 4.36. The standard InChI is InChI=1S/C20H24N2O/c21-19-7-3-6-17-12-22(13-18(17)19)20(23)11-14-8-9-15-4-1-2-5-16(15)10-14/h1-2,4-5,8-10,17-19H,3,6-7,11-13,21H2. The van der Waals surface area contributed by atoms with Crippen molar-refractivity contribution in [3.05, 3.63) is 48.0 Å². The molecule has 2 N–H and O–H groups in total. The van der Waals surface area contributed by atoms with E-state index < -0.39 is 0 Å². The predicted molar refractivity (Wildman–Crippen MR) is 93.0 cm³/mol. The van der Waals surface area contributed by atoms with Gasteiger partial charge in [-0.25, -0.2) is 0 Å². The third-order valence-electron chi connectivity index (χ3n) is 5.68. The van der Waals surface area contributed by atoms with Crippen molar-refractivity contribution in [2.24, 2.45) is 17.6 Å². The van der Waals surface area contributed by atoms with Gasteiger partial charge in [0.25, 0.3) is 0 Å². The molecule has 23 heavy (non-hydrogen) atoms. The highest BCUT2D eigenvalue weighted by Gasteiger charge is 2.40. The molecule has 0 bridgehead atoms.